The number of nitrogens with two attached hydrogens (primary N) is 1. The Kier molecular flexibility index (Phi) is 4.24. The van der Waals surface area contributed by atoms with Gasteiger partial charge in [-0.15, -0.1) is 0 Å². The lowest BCUT2D eigenvalue weighted by atomic mass is 9.85. The summed E-state index contributed by atoms with van der Waals surface area (Å²) >= 11 is 0. The highest BCUT2D eigenvalue weighted by atomic mass is 16.5. The van der Waals surface area contributed by atoms with Crippen LogP contribution in [0.1, 0.15) is 30.5 Å². The number of nitrogens with zero attached hydrogens (tertiary/aromatic N) is 2. The van der Waals surface area contributed by atoms with Crippen LogP contribution in [0, 0.1) is 6.92 Å². The number of fused-ring (bicyclic) bond motifs is 1. The number of nitrogens with one attached hydrogen (secondary N) is 1. The zero-order valence-electron chi connectivity index (χ0n) is 13.7. The van der Waals surface area contributed by atoms with E-state index in [4.69, 9.17) is 10.3 Å². The molecule has 1 aliphatic heterocycles. The highest BCUT2D eigenvalue weighted by Gasteiger charge is 2.33. The number of carbonyl (C=O) groups excluding carboxylic acids is 2. The second kappa shape index (κ2) is 6.35. The Morgan fingerprint density at radius 2 is 2.17 bits per heavy atom. The topological polar surface area (TPSA) is 101 Å². The van der Waals surface area contributed by atoms with E-state index >= 15 is 0 Å². The Bertz CT molecular complexity index is 771. The quantitative estimate of drug-likeness (QED) is 0.891. The summed E-state index contributed by atoms with van der Waals surface area (Å²) in [7, 11) is 0. The first-order valence-corrected chi connectivity index (χ1v) is 7.83. The van der Waals surface area contributed by atoms with Gasteiger partial charge < -0.3 is 15.2 Å². The highest BCUT2D eigenvalue weighted by molar-refractivity contribution is 5.94. The van der Waals surface area contributed by atoms with Gasteiger partial charge in [0, 0.05) is 17.8 Å². The average molecular weight is 328 g/mol. The third-order valence-corrected chi connectivity index (χ3v) is 4.28. The van der Waals surface area contributed by atoms with Gasteiger partial charge in [0.05, 0.1) is 18.2 Å². The van der Waals surface area contributed by atoms with Gasteiger partial charge in [0.25, 0.3) is 0 Å². The Hall–Kier alpha value is -2.83. The number of hydrogen-bond acceptors (Lipinski definition) is 5. The lowest BCUT2D eigenvalue weighted by molar-refractivity contribution is -0.119. The van der Waals surface area contributed by atoms with E-state index in [0.29, 0.717) is 18.0 Å². The summed E-state index contributed by atoms with van der Waals surface area (Å²) in [5.41, 5.74) is 7.97. The maximum absolute atomic E-state index is 12.3. The van der Waals surface area contributed by atoms with Crippen molar-refractivity contribution in [2.24, 2.45) is 5.73 Å². The summed E-state index contributed by atoms with van der Waals surface area (Å²) in [6.07, 6.45) is 0.584. The zero-order chi connectivity index (χ0) is 17.3. The minimum atomic E-state index is -0.337. The second-order valence-electron chi connectivity index (χ2n) is 6.11. The summed E-state index contributed by atoms with van der Waals surface area (Å²) < 4.78 is 5.01. The van der Waals surface area contributed by atoms with Crippen molar-refractivity contribution in [2.45, 2.75) is 32.2 Å². The number of rotatable bonds is 4. The number of aromatic nitrogens is 1. The van der Waals surface area contributed by atoms with Crippen LogP contribution in [0.15, 0.2) is 34.9 Å². The molecule has 1 aliphatic rings. The van der Waals surface area contributed by atoms with Gasteiger partial charge in [-0.05, 0) is 31.9 Å². The lowest BCUT2D eigenvalue weighted by Gasteiger charge is -2.39. The molecule has 0 fully saturated rings. The second-order valence-corrected chi connectivity index (χ2v) is 6.11. The summed E-state index contributed by atoms with van der Waals surface area (Å²) in [4.78, 5) is 26.0. The lowest BCUT2D eigenvalue weighted by Crippen LogP contribution is -2.45. The van der Waals surface area contributed by atoms with E-state index in [2.05, 4.69) is 10.5 Å². The normalized spacial score (nSPS) is 19.7. The molecule has 0 spiro atoms. The van der Waals surface area contributed by atoms with Crippen LogP contribution >= 0.6 is 0 Å². The molecular formula is C17H20N4O3. The number of benzene rings is 1. The van der Waals surface area contributed by atoms with Gasteiger partial charge in [-0.2, -0.15) is 0 Å². The third kappa shape index (κ3) is 3.10. The van der Waals surface area contributed by atoms with Crippen molar-refractivity contribution in [1.82, 2.24) is 5.16 Å². The van der Waals surface area contributed by atoms with Gasteiger partial charge >= 0.3 is 0 Å². The number of aryl methyl sites for hydroxylation is 1. The Morgan fingerprint density at radius 1 is 1.42 bits per heavy atom. The van der Waals surface area contributed by atoms with Crippen molar-refractivity contribution in [3.05, 3.63) is 41.6 Å². The fourth-order valence-corrected chi connectivity index (χ4v) is 3.14. The molecule has 0 saturated carbocycles. The van der Waals surface area contributed by atoms with Crippen molar-refractivity contribution in [1.29, 1.82) is 0 Å². The fraction of sp³-hybridized carbons (Fsp3) is 0.353. The molecule has 0 aliphatic carbocycles. The fourth-order valence-electron chi connectivity index (χ4n) is 3.14. The van der Waals surface area contributed by atoms with Crippen molar-refractivity contribution in [2.75, 3.05) is 16.8 Å². The van der Waals surface area contributed by atoms with Crippen LogP contribution in [-0.4, -0.2) is 29.6 Å². The minimum Gasteiger partial charge on any atom is -0.369 e. The molecule has 24 heavy (non-hydrogen) atoms. The van der Waals surface area contributed by atoms with Crippen LogP contribution in [0.2, 0.25) is 0 Å². The van der Waals surface area contributed by atoms with Gasteiger partial charge in [0.2, 0.25) is 17.7 Å². The zero-order valence-corrected chi connectivity index (χ0v) is 13.7. The molecule has 2 atom stereocenters. The molecule has 1 aromatic heterocycles. The van der Waals surface area contributed by atoms with Crippen molar-refractivity contribution < 1.29 is 14.1 Å². The SMILES string of the molecule is Cc1cc(NC(=O)CN2c3ccccc3[C@@H](C(N)=O)C[C@@H]2C)on1. The monoisotopic (exact) mass is 328 g/mol. The van der Waals surface area contributed by atoms with Crippen LogP contribution in [-0.2, 0) is 9.59 Å². The van der Waals surface area contributed by atoms with Crippen molar-refractivity contribution in [3.8, 4) is 0 Å². The molecule has 3 rings (SSSR count). The molecule has 126 valence electrons. The van der Waals surface area contributed by atoms with E-state index in [0.717, 1.165) is 11.3 Å². The number of primary amides is 1. The summed E-state index contributed by atoms with van der Waals surface area (Å²) in [6.45, 7) is 3.92. The molecule has 2 heterocycles. The maximum atomic E-state index is 12.3. The molecule has 3 N–H and O–H groups in total. The Labute approximate surface area is 139 Å². The predicted octanol–water partition coefficient (Wildman–Crippen LogP) is 1.79. The minimum absolute atomic E-state index is 0.0135. The summed E-state index contributed by atoms with van der Waals surface area (Å²) in [6, 6.07) is 9.24. The molecule has 0 radical (unpaired) electrons. The predicted molar refractivity (Wildman–Crippen MR) is 89.7 cm³/mol. The molecule has 7 heteroatoms. The van der Waals surface area contributed by atoms with E-state index in [1.54, 1.807) is 13.0 Å². The van der Waals surface area contributed by atoms with E-state index in [1.807, 2.05) is 36.1 Å². The smallest absolute Gasteiger partial charge is 0.246 e. The summed E-state index contributed by atoms with van der Waals surface area (Å²) in [5.74, 6) is -0.543. The Balaban J connectivity index is 1.80. The highest BCUT2D eigenvalue weighted by Crippen LogP contribution is 2.37. The number of hydrogen-bond donors (Lipinski definition) is 2. The number of para-hydroxylation sites is 1. The van der Waals surface area contributed by atoms with E-state index < -0.39 is 0 Å². The van der Waals surface area contributed by atoms with Crippen LogP contribution < -0.4 is 16.0 Å². The van der Waals surface area contributed by atoms with Gasteiger partial charge in [-0.1, -0.05) is 23.4 Å². The molecule has 0 bridgehead atoms. The van der Waals surface area contributed by atoms with Crippen LogP contribution in [0.3, 0.4) is 0 Å². The molecule has 7 nitrogen and oxygen atoms in total. The molecule has 1 aromatic carbocycles. The molecule has 2 aromatic rings. The van der Waals surface area contributed by atoms with E-state index in [-0.39, 0.29) is 30.3 Å². The third-order valence-electron chi connectivity index (χ3n) is 4.28. The first-order valence-electron chi connectivity index (χ1n) is 7.83. The molecular weight excluding hydrogens is 308 g/mol. The van der Waals surface area contributed by atoms with Crippen molar-refractivity contribution >= 4 is 23.4 Å². The van der Waals surface area contributed by atoms with Crippen molar-refractivity contribution in [3.63, 3.8) is 0 Å². The van der Waals surface area contributed by atoms with E-state index in [1.165, 1.54) is 0 Å². The first kappa shape index (κ1) is 16.0. The molecule has 2 amide bonds. The van der Waals surface area contributed by atoms with Gasteiger partial charge in [0.1, 0.15) is 0 Å². The number of amides is 2. The van der Waals surface area contributed by atoms with Crippen LogP contribution in [0.4, 0.5) is 11.6 Å². The average Bonchev–Trinajstić information content (AvgIpc) is 2.94. The number of carbonyl (C=O) groups is 2. The molecule has 0 unspecified atom stereocenters. The van der Waals surface area contributed by atoms with Crippen LogP contribution in [0.25, 0.3) is 0 Å². The molecule has 0 saturated heterocycles. The van der Waals surface area contributed by atoms with Gasteiger partial charge in [-0.3, -0.25) is 14.9 Å². The van der Waals surface area contributed by atoms with Gasteiger partial charge in [-0.25, -0.2) is 0 Å². The standard InChI is InChI=1S/C17H20N4O3/c1-10-7-16(24-20-10)19-15(22)9-21-11(2)8-13(17(18)23)12-5-3-4-6-14(12)21/h3-7,11,13H,8-9H2,1-2H3,(H2,18,23)(H,19,22)/t11-,13-/m0/s1. The van der Waals surface area contributed by atoms with Crippen LogP contribution in [0.5, 0.6) is 0 Å². The largest absolute Gasteiger partial charge is 0.369 e. The maximum Gasteiger partial charge on any atom is 0.246 e. The summed E-state index contributed by atoms with van der Waals surface area (Å²) in [5, 5.41) is 6.44. The first-order chi connectivity index (χ1) is 11.5. The van der Waals surface area contributed by atoms with Gasteiger partial charge in [0.15, 0.2) is 0 Å². The Morgan fingerprint density at radius 3 is 2.83 bits per heavy atom. The number of anilines is 2. The van der Waals surface area contributed by atoms with E-state index in [9.17, 15) is 9.59 Å².